The Balaban J connectivity index is 2.72. The van der Waals surface area contributed by atoms with Gasteiger partial charge in [-0.3, -0.25) is 4.79 Å². The van der Waals surface area contributed by atoms with Gasteiger partial charge in [0.2, 0.25) is 0 Å². The van der Waals surface area contributed by atoms with Gasteiger partial charge in [-0.25, -0.2) is 4.39 Å². The fraction of sp³-hybridized carbons (Fsp3) is 0.462. The topological polar surface area (TPSA) is 32.3 Å². The fourth-order valence-corrected chi connectivity index (χ4v) is 1.75. The van der Waals surface area contributed by atoms with Crippen LogP contribution in [-0.2, 0) is 0 Å². The van der Waals surface area contributed by atoms with E-state index in [-0.39, 0.29) is 17.3 Å². The van der Waals surface area contributed by atoms with E-state index in [0.29, 0.717) is 16.6 Å². The lowest BCUT2D eigenvalue weighted by molar-refractivity contribution is 0.0919. The third-order valence-corrected chi connectivity index (χ3v) is 3.72. The summed E-state index contributed by atoms with van der Waals surface area (Å²) in [5.74, 6) is -0.580. The number of likely N-dealkylation sites (N-methyl/N-ethyl adjacent to an activating group) is 1. The largest absolute Gasteiger partial charge is 0.350 e. The number of carbonyl (C=O) groups is 1. The van der Waals surface area contributed by atoms with Gasteiger partial charge in [-0.1, -0.05) is 0 Å². The molecule has 0 aliphatic rings. The molecule has 0 saturated carbocycles. The molecule has 1 aromatic carbocycles. The Morgan fingerprint density at radius 2 is 2.06 bits per heavy atom. The normalized spacial score (nSPS) is 11.7. The van der Waals surface area contributed by atoms with Crippen LogP contribution in [0.1, 0.15) is 24.2 Å². The molecule has 0 atom stereocenters. The van der Waals surface area contributed by atoms with E-state index >= 15 is 0 Å². The van der Waals surface area contributed by atoms with Crippen LogP contribution in [0.5, 0.6) is 0 Å². The standard InChI is InChI=1S/C13H18BrFN2O/c1-13(2,17(3)4)8-16-12(18)10-6-5-9(15)7-11(10)14/h5-7H,8H2,1-4H3,(H,16,18). The minimum Gasteiger partial charge on any atom is -0.350 e. The quantitative estimate of drug-likeness (QED) is 0.926. The van der Waals surface area contributed by atoms with Gasteiger partial charge in [0.05, 0.1) is 5.56 Å². The van der Waals surface area contributed by atoms with Crippen LogP contribution in [0.2, 0.25) is 0 Å². The molecule has 0 bridgehead atoms. The van der Waals surface area contributed by atoms with Crippen LogP contribution in [0.4, 0.5) is 4.39 Å². The molecule has 0 aliphatic heterocycles. The molecule has 0 radical (unpaired) electrons. The first kappa shape index (κ1) is 15.1. The number of amides is 1. The lowest BCUT2D eigenvalue weighted by atomic mass is 10.0. The lowest BCUT2D eigenvalue weighted by Crippen LogP contribution is -2.48. The van der Waals surface area contributed by atoms with E-state index in [2.05, 4.69) is 21.2 Å². The third-order valence-electron chi connectivity index (χ3n) is 3.07. The summed E-state index contributed by atoms with van der Waals surface area (Å²) < 4.78 is 13.4. The summed E-state index contributed by atoms with van der Waals surface area (Å²) in [4.78, 5) is 14.0. The van der Waals surface area contributed by atoms with E-state index in [4.69, 9.17) is 0 Å². The Bertz CT molecular complexity index is 447. The molecule has 5 heteroatoms. The highest BCUT2D eigenvalue weighted by Gasteiger charge is 2.21. The first-order chi connectivity index (χ1) is 8.24. The monoisotopic (exact) mass is 316 g/mol. The summed E-state index contributed by atoms with van der Waals surface area (Å²) in [5, 5.41) is 2.85. The maximum absolute atomic E-state index is 12.9. The number of nitrogens with zero attached hydrogens (tertiary/aromatic N) is 1. The molecule has 100 valence electrons. The van der Waals surface area contributed by atoms with E-state index in [0.717, 1.165) is 0 Å². The average molecular weight is 317 g/mol. The number of hydrogen-bond donors (Lipinski definition) is 1. The zero-order chi connectivity index (χ0) is 13.9. The molecule has 0 heterocycles. The lowest BCUT2D eigenvalue weighted by Gasteiger charge is -2.32. The minimum absolute atomic E-state index is 0.137. The van der Waals surface area contributed by atoms with E-state index in [1.54, 1.807) is 0 Å². The Labute approximate surface area is 115 Å². The molecule has 0 aromatic heterocycles. The maximum atomic E-state index is 12.9. The number of carbonyl (C=O) groups excluding carboxylic acids is 1. The van der Waals surface area contributed by atoms with Crippen LogP contribution < -0.4 is 5.32 Å². The maximum Gasteiger partial charge on any atom is 0.252 e. The number of hydrogen-bond acceptors (Lipinski definition) is 2. The predicted molar refractivity (Wildman–Crippen MR) is 74.2 cm³/mol. The number of benzene rings is 1. The van der Waals surface area contributed by atoms with Crippen molar-refractivity contribution < 1.29 is 9.18 Å². The summed E-state index contributed by atoms with van der Waals surface area (Å²) >= 11 is 3.19. The van der Waals surface area contributed by atoms with Crippen molar-refractivity contribution in [1.29, 1.82) is 0 Å². The van der Waals surface area contributed by atoms with Gasteiger partial charge in [-0.2, -0.15) is 0 Å². The highest BCUT2D eigenvalue weighted by molar-refractivity contribution is 9.10. The second kappa shape index (κ2) is 5.80. The Hall–Kier alpha value is -0.940. The highest BCUT2D eigenvalue weighted by atomic mass is 79.9. The molecule has 0 saturated heterocycles. The van der Waals surface area contributed by atoms with Crippen molar-refractivity contribution in [2.45, 2.75) is 19.4 Å². The van der Waals surface area contributed by atoms with E-state index in [1.807, 2.05) is 32.8 Å². The number of rotatable bonds is 4. The van der Waals surface area contributed by atoms with Gasteiger partial charge >= 0.3 is 0 Å². The number of nitrogens with one attached hydrogen (secondary N) is 1. The summed E-state index contributed by atoms with van der Waals surface area (Å²) in [6.45, 7) is 4.59. The van der Waals surface area contributed by atoms with Gasteiger partial charge in [0.25, 0.3) is 5.91 Å². The van der Waals surface area contributed by atoms with Crippen molar-refractivity contribution in [1.82, 2.24) is 10.2 Å². The minimum atomic E-state index is -0.368. The van der Waals surface area contributed by atoms with Crippen LogP contribution in [0, 0.1) is 5.82 Å². The molecule has 1 N–H and O–H groups in total. The van der Waals surface area contributed by atoms with Crippen LogP contribution >= 0.6 is 15.9 Å². The van der Waals surface area contributed by atoms with Gasteiger partial charge in [0, 0.05) is 16.6 Å². The van der Waals surface area contributed by atoms with Crippen LogP contribution in [-0.4, -0.2) is 37.0 Å². The van der Waals surface area contributed by atoms with Gasteiger partial charge in [0.1, 0.15) is 5.82 Å². The summed E-state index contributed by atoms with van der Waals surface area (Å²) in [7, 11) is 3.92. The predicted octanol–water partition coefficient (Wildman–Crippen LogP) is 2.66. The Morgan fingerprint density at radius 1 is 1.44 bits per heavy atom. The van der Waals surface area contributed by atoms with Gasteiger partial charge in [-0.15, -0.1) is 0 Å². The zero-order valence-electron chi connectivity index (χ0n) is 11.1. The molecule has 0 fully saturated rings. The molecule has 1 aromatic rings. The second-order valence-electron chi connectivity index (χ2n) is 5.01. The van der Waals surface area contributed by atoms with E-state index in [9.17, 15) is 9.18 Å². The van der Waals surface area contributed by atoms with Gasteiger partial charge in [-0.05, 0) is 62.1 Å². The second-order valence-corrected chi connectivity index (χ2v) is 5.87. The van der Waals surface area contributed by atoms with Gasteiger partial charge < -0.3 is 10.2 Å². The Kier molecular flexibility index (Phi) is 4.87. The SMILES string of the molecule is CN(C)C(C)(C)CNC(=O)c1ccc(F)cc1Br. The van der Waals surface area contributed by atoms with Crippen LogP contribution in [0.15, 0.2) is 22.7 Å². The van der Waals surface area contributed by atoms with Gasteiger partial charge in [0.15, 0.2) is 0 Å². The molecule has 0 spiro atoms. The van der Waals surface area contributed by atoms with E-state index < -0.39 is 0 Å². The molecule has 1 rings (SSSR count). The molecule has 3 nitrogen and oxygen atoms in total. The molecular formula is C13H18BrFN2O. The van der Waals surface area contributed by atoms with Crippen molar-refractivity contribution in [2.24, 2.45) is 0 Å². The molecule has 1 amide bonds. The number of halogens is 2. The summed E-state index contributed by atoms with van der Waals surface area (Å²) in [6.07, 6.45) is 0. The molecule has 0 unspecified atom stereocenters. The van der Waals surface area contributed by atoms with Crippen molar-refractivity contribution >= 4 is 21.8 Å². The average Bonchev–Trinajstić information content (AvgIpc) is 2.25. The smallest absolute Gasteiger partial charge is 0.252 e. The molecular weight excluding hydrogens is 299 g/mol. The van der Waals surface area contributed by atoms with Crippen LogP contribution in [0.3, 0.4) is 0 Å². The molecule has 0 aliphatic carbocycles. The zero-order valence-corrected chi connectivity index (χ0v) is 12.6. The van der Waals surface area contributed by atoms with Crippen LogP contribution in [0.25, 0.3) is 0 Å². The highest BCUT2D eigenvalue weighted by Crippen LogP contribution is 2.18. The van der Waals surface area contributed by atoms with Crippen molar-refractivity contribution in [3.05, 3.63) is 34.1 Å². The third kappa shape index (κ3) is 3.78. The summed E-state index contributed by atoms with van der Waals surface area (Å²) in [5.41, 5.74) is 0.299. The fourth-order valence-electron chi connectivity index (χ4n) is 1.22. The van der Waals surface area contributed by atoms with Crippen molar-refractivity contribution in [2.75, 3.05) is 20.6 Å². The van der Waals surface area contributed by atoms with Crippen molar-refractivity contribution in [3.63, 3.8) is 0 Å². The molecule has 18 heavy (non-hydrogen) atoms. The van der Waals surface area contributed by atoms with Crippen molar-refractivity contribution in [3.8, 4) is 0 Å². The first-order valence-electron chi connectivity index (χ1n) is 5.65. The van der Waals surface area contributed by atoms with E-state index in [1.165, 1.54) is 18.2 Å². The Morgan fingerprint density at radius 3 is 2.56 bits per heavy atom. The summed E-state index contributed by atoms with van der Waals surface area (Å²) in [6, 6.07) is 4.03. The first-order valence-corrected chi connectivity index (χ1v) is 6.44.